The van der Waals surface area contributed by atoms with Crippen LogP contribution in [0.4, 0.5) is 0 Å². The first-order chi connectivity index (χ1) is 12.4. The largest absolute Gasteiger partial charge is 0.444 e. The first kappa shape index (κ1) is 19.1. The summed E-state index contributed by atoms with van der Waals surface area (Å²) in [6, 6.07) is 4.15. The van der Waals surface area contributed by atoms with Gasteiger partial charge in [-0.05, 0) is 24.3 Å². The topological polar surface area (TPSA) is 49.6 Å². The lowest BCUT2D eigenvalue weighted by molar-refractivity contribution is -0.131. The van der Waals surface area contributed by atoms with Crippen LogP contribution in [0.15, 0.2) is 28.1 Å². The van der Waals surface area contributed by atoms with Crippen LogP contribution in [0, 0.1) is 0 Å². The van der Waals surface area contributed by atoms with Gasteiger partial charge in [0.2, 0.25) is 11.8 Å². The number of amides is 1. The molecule has 0 saturated carbocycles. The third kappa shape index (κ3) is 5.17. The molecule has 5 nitrogen and oxygen atoms in total. The number of rotatable bonds is 5. The first-order valence-corrected chi connectivity index (χ1v) is 10.3. The van der Waals surface area contributed by atoms with Crippen LogP contribution in [0.25, 0.3) is 0 Å². The molecule has 1 saturated heterocycles. The Kier molecular flexibility index (Phi) is 6.14. The minimum absolute atomic E-state index is 0.0180. The second-order valence-corrected chi connectivity index (χ2v) is 8.99. The first-order valence-electron chi connectivity index (χ1n) is 9.39. The predicted octanol–water partition coefficient (Wildman–Crippen LogP) is 3.70. The number of carbonyl (C=O) groups is 1. The van der Waals surface area contributed by atoms with Crippen molar-refractivity contribution >= 4 is 17.2 Å². The van der Waals surface area contributed by atoms with Crippen LogP contribution >= 0.6 is 11.3 Å². The van der Waals surface area contributed by atoms with E-state index in [0.29, 0.717) is 13.0 Å². The van der Waals surface area contributed by atoms with Gasteiger partial charge in [0, 0.05) is 42.9 Å². The lowest BCUT2D eigenvalue weighted by Gasteiger charge is -2.21. The van der Waals surface area contributed by atoms with Crippen molar-refractivity contribution in [3.05, 3.63) is 40.2 Å². The molecule has 2 aromatic heterocycles. The van der Waals surface area contributed by atoms with Crippen molar-refractivity contribution in [2.24, 2.45) is 0 Å². The summed E-state index contributed by atoms with van der Waals surface area (Å²) in [5, 5.41) is 2.07. The third-order valence-corrected chi connectivity index (χ3v) is 5.69. The maximum absolute atomic E-state index is 12.5. The highest BCUT2D eigenvalue weighted by Gasteiger charge is 2.22. The molecule has 0 bridgehead atoms. The fraction of sp³-hybridized carbons (Fsp3) is 0.600. The Balaban J connectivity index is 1.48. The molecule has 3 rings (SSSR count). The van der Waals surface area contributed by atoms with Gasteiger partial charge < -0.3 is 9.32 Å². The molecule has 0 atom stereocenters. The Bertz CT molecular complexity index is 703. The molecule has 0 unspecified atom stereocenters. The van der Waals surface area contributed by atoms with Crippen molar-refractivity contribution in [1.29, 1.82) is 0 Å². The molecule has 1 aliphatic heterocycles. The average molecular weight is 376 g/mol. The second-order valence-electron chi connectivity index (χ2n) is 7.96. The summed E-state index contributed by atoms with van der Waals surface area (Å²) in [5.74, 6) is 1.96. The fourth-order valence-electron chi connectivity index (χ4n) is 3.14. The van der Waals surface area contributed by atoms with Crippen molar-refractivity contribution in [2.75, 3.05) is 26.2 Å². The zero-order chi connectivity index (χ0) is 18.6. The van der Waals surface area contributed by atoms with Gasteiger partial charge in [0.1, 0.15) is 5.76 Å². The van der Waals surface area contributed by atoms with Gasteiger partial charge in [-0.15, -0.1) is 11.3 Å². The molecule has 26 heavy (non-hydrogen) atoms. The van der Waals surface area contributed by atoms with Crippen LogP contribution in [0.2, 0.25) is 0 Å². The highest BCUT2D eigenvalue weighted by atomic mass is 32.1. The van der Waals surface area contributed by atoms with E-state index in [0.717, 1.165) is 50.7 Å². The molecule has 0 radical (unpaired) electrons. The van der Waals surface area contributed by atoms with E-state index in [1.54, 1.807) is 11.3 Å². The van der Waals surface area contributed by atoms with Crippen molar-refractivity contribution in [1.82, 2.24) is 14.8 Å². The zero-order valence-corrected chi connectivity index (χ0v) is 16.8. The molecule has 1 aliphatic rings. The number of hydrogen-bond donors (Lipinski definition) is 0. The monoisotopic (exact) mass is 375 g/mol. The normalized spacial score (nSPS) is 16.7. The predicted molar refractivity (Wildman–Crippen MR) is 104 cm³/mol. The van der Waals surface area contributed by atoms with Gasteiger partial charge in [-0.1, -0.05) is 26.8 Å². The lowest BCUT2D eigenvalue weighted by atomic mass is 9.94. The van der Waals surface area contributed by atoms with E-state index in [4.69, 9.17) is 4.42 Å². The standard InChI is InChI=1S/C20H29N3O2S/c1-20(2,3)17-14-21-18(25-17)15-22-9-5-10-23(12-11-22)19(24)8-7-16-6-4-13-26-16/h4,6,13-14H,5,7-12,15H2,1-3H3. The molecular weight excluding hydrogens is 346 g/mol. The van der Waals surface area contributed by atoms with Crippen molar-refractivity contribution < 1.29 is 9.21 Å². The van der Waals surface area contributed by atoms with E-state index < -0.39 is 0 Å². The van der Waals surface area contributed by atoms with Gasteiger partial charge in [-0.2, -0.15) is 0 Å². The van der Waals surface area contributed by atoms with Gasteiger partial charge in [-0.25, -0.2) is 4.98 Å². The van der Waals surface area contributed by atoms with E-state index in [-0.39, 0.29) is 11.3 Å². The van der Waals surface area contributed by atoms with Crippen LogP contribution in [0.5, 0.6) is 0 Å². The summed E-state index contributed by atoms with van der Waals surface area (Å²) in [6.07, 6.45) is 4.29. The molecule has 1 amide bonds. The van der Waals surface area contributed by atoms with Gasteiger partial charge in [0.05, 0.1) is 12.7 Å². The van der Waals surface area contributed by atoms with Gasteiger partial charge in [0.25, 0.3) is 0 Å². The van der Waals surface area contributed by atoms with Gasteiger partial charge in [-0.3, -0.25) is 9.69 Å². The highest BCUT2D eigenvalue weighted by Crippen LogP contribution is 2.23. The summed E-state index contributed by atoms with van der Waals surface area (Å²) < 4.78 is 5.91. The molecule has 0 spiro atoms. The van der Waals surface area contributed by atoms with Crippen LogP contribution < -0.4 is 0 Å². The quantitative estimate of drug-likeness (QED) is 0.799. The van der Waals surface area contributed by atoms with Crippen molar-refractivity contribution in [3.8, 4) is 0 Å². The molecule has 0 N–H and O–H groups in total. The minimum atomic E-state index is -0.0180. The molecule has 0 aromatic carbocycles. The zero-order valence-electron chi connectivity index (χ0n) is 16.0. The number of carbonyl (C=O) groups excluding carboxylic acids is 1. The number of aromatic nitrogens is 1. The Morgan fingerprint density at radius 2 is 2.12 bits per heavy atom. The number of aryl methyl sites for hydroxylation is 1. The van der Waals surface area contributed by atoms with Gasteiger partial charge >= 0.3 is 0 Å². The van der Waals surface area contributed by atoms with E-state index in [9.17, 15) is 4.79 Å². The maximum atomic E-state index is 12.5. The van der Waals surface area contributed by atoms with Gasteiger partial charge in [0.15, 0.2) is 0 Å². The van der Waals surface area contributed by atoms with E-state index >= 15 is 0 Å². The number of thiophene rings is 1. The Hall–Kier alpha value is -1.66. The summed E-state index contributed by atoms with van der Waals surface area (Å²) in [7, 11) is 0. The van der Waals surface area contributed by atoms with E-state index in [1.807, 2.05) is 17.2 Å². The Morgan fingerprint density at radius 3 is 2.81 bits per heavy atom. The SMILES string of the molecule is CC(C)(C)c1cnc(CN2CCCN(C(=O)CCc3cccs3)CC2)o1. The molecule has 142 valence electrons. The summed E-state index contributed by atoms with van der Waals surface area (Å²) in [5.41, 5.74) is -0.0180. The molecule has 3 heterocycles. The molecule has 1 fully saturated rings. The van der Waals surface area contributed by atoms with E-state index in [2.05, 4.69) is 42.1 Å². The summed E-state index contributed by atoms with van der Waals surface area (Å²) in [4.78, 5) is 22.6. The van der Waals surface area contributed by atoms with Crippen molar-refractivity contribution in [2.45, 2.75) is 52.0 Å². The Morgan fingerprint density at radius 1 is 1.27 bits per heavy atom. The molecule has 2 aromatic rings. The lowest BCUT2D eigenvalue weighted by Crippen LogP contribution is -2.35. The molecule has 6 heteroatoms. The maximum Gasteiger partial charge on any atom is 0.222 e. The van der Waals surface area contributed by atoms with Crippen molar-refractivity contribution in [3.63, 3.8) is 0 Å². The van der Waals surface area contributed by atoms with Crippen LogP contribution in [-0.4, -0.2) is 46.9 Å². The fourth-order valence-corrected chi connectivity index (χ4v) is 3.85. The average Bonchev–Trinajstić information content (AvgIpc) is 3.21. The van der Waals surface area contributed by atoms with Crippen LogP contribution in [0.1, 0.15) is 50.1 Å². The number of nitrogens with zero attached hydrogens (tertiary/aromatic N) is 3. The minimum Gasteiger partial charge on any atom is -0.444 e. The summed E-state index contributed by atoms with van der Waals surface area (Å²) in [6.45, 7) is 10.6. The highest BCUT2D eigenvalue weighted by molar-refractivity contribution is 7.09. The number of oxazole rings is 1. The van der Waals surface area contributed by atoms with Crippen LogP contribution in [0.3, 0.4) is 0 Å². The smallest absolute Gasteiger partial charge is 0.222 e. The van der Waals surface area contributed by atoms with E-state index in [1.165, 1.54) is 4.88 Å². The second kappa shape index (κ2) is 8.35. The molecular formula is C20H29N3O2S. The summed E-state index contributed by atoms with van der Waals surface area (Å²) >= 11 is 1.72. The Labute approximate surface area is 160 Å². The molecule has 0 aliphatic carbocycles. The number of hydrogen-bond acceptors (Lipinski definition) is 5. The third-order valence-electron chi connectivity index (χ3n) is 4.76. The van der Waals surface area contributed by atoms with Crippen LogP contribution in [-0.2, 0) is 23.2 Å².